The number of carboxylic acid groups (broad SMARTS) is 1. The summed E-state index contributed by atoms with van der Waals surface area (Å²) in [5.74, 6) is 1.78. The Bertz CT molecular complexity index is 919. The van der Waals surface area contributed by atoms with E-state index in [9.17, 15) is 4.79 Å². The number of carbonyl (C=O) groups is 1. The standard InChI is InChI=1S/C27H37NO4/c1-27(2,3)22-7-10-23(11-8-22)31-25-9-6-20-16-19(4-5-21(20)17-25)18-28-14-12-24(13-15-28)32-26(29)30/h4-6,9,16-17,22-24H,7-8,10-15,18H2,1-3H3,(H,29,30). The van der Waals surface area contributed by atoms with Crippen LogP contribution in [-0.4, -0.2) is 41.5 Å². The van der Waals surface area contributed by atoms with E-state index in [2.05, 4.69) is 62.1 Å². The molecule has 2 aliphatic rings. The maximum Gasteiger partial charge on any atom is 0.506 e. The third-order valence-corrected chi connectivity index (χ3v) is 7.29. The first-order chi connectivity index (χ1) is 15.3. The van der Waals surface area contributed by atoms with E-state index in [1.54, 1.807) is 0 Å². The van der Waals surface area contributed by atoms with Crippen molar-refractivity contribution < 1.29 is 19.4 Å². The van der Waals surface area contributed by atoms with Gasteiger partial charge < -0.3 is 14.6 Å². The van der Waals surface area contributed by atoms with Crippen LogP contribution >= 0.6 is 0 Å². The lowest BCUT2D eigenvalue weighted by Gasteiger charge is -2.37. The molecule has 0 atom stereocenters. The normalized spacial score (nSPS) is 23.2. The molecule has 2 aromatic carbocycles. The van der Waals surface area contributed by atoms with E-state index in [4.69, 9.17) is 14.6 Å². The van der Waals surface area contributed by atoms with Crippen molar-refractivity contribution in [1.82, 2.24) is 4.90 Å². The van der Waals surface area contributed by atoms with Crippen LogP contribution in [0.4, 0.5) is 4.79 Å². The number of rotatable bonds is 5. The SMILES string of the molecule is CC(C)(C)C1CCC(Oc2ccc3cc(CN4CCC(OC(=O)O)CC4)ccc3c2)CC1. The van der Waals surface area contributed by atoms with E-state index in [1.165, 1.54) is 29.2 Å². The Morgan fingerprint density at radius 2 is 1.59 bits per heavy atom. The molecule has 1 N–H and O–H groups in total. The van der Waals surface area contributed by atoms with Crippen molar-refractivity contribution in [2.24, 2.45) is 11.3 Å². The summed E-state index contributed by atoms with van der Waals surface area (Å²) in [7, 11) is 0. The number of nitrogens with zero attached hydrogens (tertiary/aromatic N) is 1. The van der Waals surface area contributed by atoms with Gasteiger partial charge in [0.25, 0.3) is 0 Å². The monoisotopic (exact) mass is 439 g/mol. The fraction of sp³-hybridized carbons (Fsp3) is 0.593. The van der Waals surface area contributed by atoms with Crippen molar-refractivity contribution in [2.45, 2.75) is 78.0 Å². The van der Waals surface area contributed by atoms with Crippen LogP contribution in [0.5, 0.6) is 5.75 Å². The summed E-state index contributed by atoms with van der Waals surface area (Å²) in [6.07, 6.45) is 5.33. The second-order valence-corrected chi connectivity index (χ2v) is 10.7. The first-order valence-electron chi connectivity index (χ1n) is 12.1. The molecular formula is C27H37NO4. The lowest BCUT2D eigenvalue weighted by Crippen LogP contribution is -2.37. The minimum Gasteiger partial charge on any atom is -0.490 e. The second-order valence-electron chi connectivity index (χ2n) is 10.7. The lowest BCUT2D eigenvalue weighted by molar-refractivity contribution is 0.0185. The van der Waals surface area contributed by atoms with Crippen LogP contribution in [0.1, 0.15) is 64.9 Å². The van der Waals surface area contributed by atoms with Crippen molar-refractivity contribution in [3.8, 4) is 5.75 Å². The fourth-order valence-electron chi connectivity index (χ4n) is 5.27. The largest absolute Gasteiger partial charge is 0.506 e. The molecule has 1 saturated heterocycles. The van der Waals surface area contributed by atoms with Gasteiger partial charge in [0.1, 0.15) is 11.9 Å². The average molecular weight is 440 g/mol. The summed E-state index contributed by atoms with van der Waals surface area (Å²) in [6, 6.07) is 13.1. The fourth-order valence-corrected chi connectivity index (χ4v) is 5.27. The number of likely N-dealkylation sites (tertiary alicyclic amines) is 1. The predicted molar refractivity (Wildman–Crippen MR) is 127 cm³/mol. The summed E-state index contributed by atoms with van der Waals surface area (Å²) in [6.45, 7) is 9.66. The minimum absolute atomic E-state index is 0.165. The van der Waals surface area contributed by atoms with Crippen molar-refractivity contribution in [3.05, 3.63) is 42.0 Å². The van der Waals surface area contributed by atoms with Gasteiger partial charge in [-0.25, -0.2) is 4.79 Å². The molecule has 0 bridgehead atoms. The maximum atomic E-state index is 10.7. The first-order valence-corrected chi connectivity index (χ1v) is 12.1. The topological polar surface area (TPSA) is 59.0 Å². The third-order valence-electron chi connectivity index (χ3n) is 7.29. The number of hydrogen-bond acceptors (Lipinski definition) is 4. The Balaban J connectivity index is 1.31. The molecular weight excluding hydrogens is 402 g/mol. The molecule has 0 unspecified atom stereocenters. The van der Waals surface area contributed by atoms with E-state index in [0.717, 1.165) is 57.0 Å². The van der Waals surface area contributed by atoms with E-state index in [0.29, 0.717) is 11.5 Å². The van der Waals surface area contributed by atoms with Crippen LogP contribution in [0.2, 0.25) is 0 Å². The van der Waals surface area contributed by atoms with E-state index in [1.807, 2.05) is 0 Å². The zero-order chi connectivity index (χ0) is 22.7. The van der Waals surface area contributed by atoms with Gasteiger partial charge >= 0.3 is 6.16 Å². The molecule has 5 nitrogen and oxygen atoms in total. The van der Waals surface area contributed by atoms with Gasteiger partial charge in [0.2, 0.25) is 0 Å². The Kier molecular flexibility index (Phi) is 6.94. The lowest BCUT2D eigenvalue weighted by atomic mass is 9.72. The van der Waals surface area contributed by atoms with Gasteiger partial charge in [-0.2, -0.15) is 0 Å². The highest BCUT2D eigenvalue weighted by atomic mass is 16.7. The molecule has 1 heterocycles. The summed E-state index contributed by atoms with van der Waals surface area (Å²) in [5.41, 5.74) is 1.68. The molecule has 32 heavy (non-hydrogen) atoms. The molecule has 2 fully saturated rings. The Morgan fingerprint density at radius 3 is 2.25 bits per heavy atom. The number of piperidine rings is 1. The summed E-state index contributed by atoms with van der Waals surface area (Å²) in [4.78, 5) is 13.1. The Morgan fingerprint density at radius 1 is 0.938 bits per heavy atom. The van der Waals surface area contributed by atoms with Crippen LogP contribution < -0.4 is 4.74 Å². The van der Waals surface area contributed by atoms with Gasteiger partial charge in [0, 0.05) is 19.6 Å². The number of benzene rings is 2. The molecule has 0 radical (unpaired) electrons. The van der Waals surface area contributed by atoms with Gasteiger partial charge in [0.05, 0.1) is 6.10 Å². The molecule has 174 valence electrons. The Labute approximate surface area is 191 Å². The molecule has 0 spiro atoms. The van der Waals surface area contributed by atoms with Gasteiger partial charge in [-0.1, -0.05) is 39.0 Å². The van der Waals surface area contributed by atoms with Crippen molar-refractivity contribution in [1.29, 1.82) is 0 Å². The highest BCUT2D eigenvalue weighted by Gasteiger charge is 2.30. The molecule has 0 amide bonds. The van der Waals surface area contributed by atoms with Crippen LogP contribution in [0.15, 0.2) is 36.4 Å². The van der Waals surface area contributed by atoms with Crippen LogP contribution in [-0.2, 0) is 11.3 Å². The molecule has 2 aromatic rings. The van der Waals surface area contributed by atoms with Gasteiger partial charge in [-0.3, -0.25) is 4.90 Å². The van der Waals surface area contributed by atoms with Crippen molar-refractivity contribution in [3.63, 3.8) is 0 Å². The number of fused-ring (bicyclic) bond motifs is 1. The first kappa shape index (κ1) is 22.9. The molecule has 1 aliphatic carbocycles. The molecule has 1 aliphatic heterocycles. The van der Waals surface area contributed by atoms with Gasteiger partial charge in [0.15, 0.2) is 0 Å². The second kappa shape index (κ2) is 9.70. The van der Waals surface area contributed by atoms with E-state index >= 15 is 0 Å². The minimum atomic E-state index is -1.17. The zero-order valence-electron chi connectivity index (χ0n) is 19.7. The van der Waals surface area contributed by atoms with Gasteiger partial charge in [-0.05, 0) is 84.4 Å². The van der Waals surface area contributed by atoms with Crippen LogP contribution in [0.25, 0.3) is 10.8 Å². The summed E-state index contributed by atoms with van der Waals surface area (Å²) >= 11 is 0. The van der Waals surface area contributed by atoms with E-state index in [-0.39, 0.29) is 6.10 Å². The Hall–Kier alpha value is -2.27. The molecule has 1 saturated carbocycles. The van der Waals surface area contributed by atoms with E-state index < -0.39 is 6.16 Å². The molecule has 5 heteroatoms. The van der Waals surface area contributed by atoms with Gasteiger partial charge in [-0.15, -0.1) is 0 Å². The molecule has 4 rings (SSSR count). The third kappa shape index (κ3) is 5.94. The molecule has 0 aromatic heterocycles. The number of hydrogen-bond donors (Lipinski definition) is 1. The summed E-state index contributed by atoms with van der Waals surface area (Å²) < 4.78 is 11.3. The smallest absolute Gasteiger partial charge is 0.490 e. The van der Waals surface area contributed by atoms with Crippen molar-refractivity contribution in [2.75, 3.05) is 13.1 Å². The van der Waals surface area contributed by atoms with Crippen LogP contribution in [0.3, 0.4) is 0 Å². The van der Waals surface area contributed by atoms with Crippen LogP contribution in [0, 0.1) is 11.3 Å². The predicted octanol–water partition coefficient (Wildman–Crippen LogP) is 6.48. The quantitative estimate of drug-likeness (QED) is 0.540. The highest BCUT2D eigenvalue weighted by molar-refractivity contribution is 5.84. The maximum absolute atomic E-state index is 10.7. The zero-order valence-corrected chi connectivity index (χ0v) is 19.7. The van der Waals surface area contributed by atoms with Crippen molar-refractivity contribution >= 4 is 16.9 Å². The highest BCUT2D eigenvalue weighted by Crippen LogP contribution is 2.39. The number of ether oxygens (including phenoxy) is 2. The summed E-state index contributed by atoms with van der Waals surface area (Å²) in [5, 5.41) is 11.2. The average Bonchev–Trinajstić information content (AvgIpc) is 2.75.